The number of carbonyl (C=O) groups is 1. The van der Waals surface area contributed by atoms with Crippen molar-refractivity contribution in [1.29, 1.82) is 0 Å². The molecule has 1 atom stereocenters. The maximum absolute atomic E-state index is 13.6. The highest BCUT2D eigenvalue weighted by Gasteiger charge is 2.43. The van der Waals surface area contributed by atoms with Crippen LogP contribution in [0.25, 0.3) is 11.0 Å². The minimum absolute atomic E-state index is 0.0622. The highest BCUT2D eigenvalue weighted by atomic mass is 16.5. The number of amides is 1. The Balaban J connectivity index is 1.88. The van der Waals surface area contributed by atoms with Crippen LogP contribution in [0.3, 0.4) is 0 Å². The lowest BCUT2D eigenvalue weighted by Gasteiger charge is -2.26. The monoisotopic (exact) mass is 467 g/mol. The van der Waals surface area contributed by atoms with Crippen LogP contribution in [0, 0.1) is 0 Å². The third-order valence-electron chi connectivity index (χ3n) is 5.87. The Hall–Kier alpha value is -3.52. The second kappa shape index (κ2) is 9.77. The van der Waals surface area contributed by atoms with Gasteiger partial charge in [0.1, 0.15) is 5.58 Å². The molecule has 0 radical (unpaired) electrons. The van der Waals surface area contributed by atoms with Crippen molar-refractivity contribution in [2.45, 2.75) is 32.4 Å². The van der Waals surface area contributed by atoms with Crippen LogP contribution in [-0.2, 0) is 4.74 Å². The van der Waals surface area contributed by atoms with Gasteiger partial charge in [-0.3, -0.25) is 9.59 Å². The summed E-state index contributed by atoms with van der Waals surface area (Å²) < 4.78 is 28.1. The normalized spacial score (nSPS) is 15.2. The summed E-state index contributed by atoms with van der Waals surface area (Å²) >= 11 is 0. The molecule has 0 unspecified atom stereocenters. The standard InChI is InChI=1S/C26H29NO7/c1-15(2)33-12-8-11-27-22(16-13-19(30-3)24(32-5)20(14-16)31-4)21-23(28)17-9-6-7-10-18(17)34-25(21)26(27)29/h6-7,9-10,13-15,22H,8,11-12H2,1-5H3/t22-/m1/s1. The second-order valence-corrected chi connectivity index (χ2v) is 8.30. The number of nitrogens with zero attached hydrogens (tertiary/aromatic N) is 1. The number of methoxy groups -OCH3 is 3. The predicted molar refractivity (Wildman–Crippen MR) is 127 cm³/mol. The summed E-state index contributed by atoms with van der Waals surface area (Å²) in [5.74, 6) is 1.03. The van der Waals surface area contributed by atoms with E-state index in [0.717, 1.165) is 0 Å². The minimum atomic E-state index is -0.670. The number of hydrogen-bond acceptors (Lipinski definition) is 7. The lowest BCUT2D eigenvalue weighted by Crippen LogP contribution is -2.31. The quantitative estimate of drug-likeness (QED) is 0.436. The summed E-state index contributed by atoms with van der Waals surface area (Å²) in [6, 6.07) is 9.81. The van der Waals surface area contributed by atoms with E-state index >= 15 is 0 Å². The molecule has 4 rings (SSSR count). The van der Waals surface area contributed by atoms with Crippen LogP contribution in [-0.4, -0.2) is 51.4 Å². The largest absolute Gasteiger partial charge is 0.493 e. The molecule has 0 bridgehead atoms. The molecule has 0 saturated heterocycles. The SMILES string of the molecule is COc1cc([C@@H]2c3c(oc4ccccc4c3=O)C(=O)N2CCCOC(C)C)cc(OC)c1OC. The third-order valence-corrected chi connectivity index (χ3v) is 5.87. The Labute approximate surface area is 198 Å². The molecule has 3 aromatic rings. The Kier molecular flexibility index (Phi) is 6.79. The van der Waals surface area contributed by atoms with Gasteiger partial charge in [0.15, 0.2) is 16.9 Å². The summed E-state index contributed by atoms with van der Waals surface area (Å²) in [5.41, 5.74) is 1.12. The van der Waals surface area contributed by atoms with Crippen molar-refractivity contribution < 1.29 is 28.2 Å². The Morgan fingerprint density at radius 1 is 1.00 bits per heavy atom. The summed E-state index contributed by atoms with van der Waals surface area (Å²) in [5, 5.41) is 0.427. The zero-order valence-electron chi connectivity index (χ0n) is 20.0. The van der Waals surface area contributed by atoms with Crippen LogP contribution in [0.1, 0.15) is 48.0 Å². The molecule has 1 amide bonds. The number of para-hydroxylation sites is 1. The molecular weight excluding hydrogens is 438 g/mol. The van der Waals surface area contributed by atoms with Crippen molar-refractivity contribution in [1.82, 2.24) is 4.90 Å². The first-order valence-corrected chi connectivity index (χ1v) is 11.2. The molecule has 2 aromatic carbocycles. The summed E-state index contributed by atoms with van der Waals surface area (Å²) in [7, 11) is 4.58. The lowest BCUT2D eigenvalue weighted by atomic mass is 9.97. The molecule has 180 valence electrons. The van der Waals surface area contributed by atoms with E-state index in [0.29, 0.717) is 58.9 Å². The van der Waals surface area contributed by atoms with Gasteiger partial charge in [0.2, 0.25) is 11.5 Å². The fraction of sp³-hybridized carbons (Fsp3) is 0.385. The van der Waals surface area contributed by atoms with Gasteiger partial charge in [-0.2, -0.15) is 0 Å². The fourth-order valence-corrected chi connectivity index (χ4v) is 4.36. The van der Waals surface area contributed by atoms with E-state index in [4.69, 9.17) is 23.4 Å². The van der Waals surface area contributed by atoms with Gasteiger partial charge in [-0.1, -0.05) is 12.1 Å². The summed E-state index contributed by atoms with van der Waals surface area (Å²) in [6.07, 6.45) is 0.693. The maximum Gasteiger partial charge on any atom is 0.290 e. The van der Waals surface area contributed by atoms with Crippen molar-refractivity contribution in [3.63, 3.8) is 0 Å². The van der Waals surface area contributed by atoms with Gasteiger partial charge >= 0.3 is 0 Å². The molecule has 0 fully saturated rings. The maximum atomic E-state index is 13.6. The average Bonchev–Trinajstić information content (AvgIpc) is 3.12. The van der Waals surface area contributed by atoms with Crippen molar-refractivity contribution >= 4 is 16.9 Å². The van der Waals surface area contributed by atoms with Crippen molar-refractivity contribution in [3.05, 3.63) is 63.5 Å². The molecule has 1 aliphatic heterocycles. The van der Waals surface area contributed by atoms with Gasteiger partial charge in [-0.05, 0) is 50.1 Å². The number of rotatable bonds is 9. The van der Waals surface area contributed by atoms with E-state index in [2.05, 4.69) is 0 Å². The van der Waals surface area contributed by atoms with Gasteiger partial charge in [-0.15, -0.1) is 0 Å². The van der Waals surface area contributed by atoms with Crippen LogP contribution >= 0.6 is 0 Å². The number of fused-ring (bicyclic) bond motifs is 2. The first-order chi connectivity index (χ1) is 16.4. The first-order valence-electron chi connectivity index (χ1n) is 11.2. The zero-order chi connectivity index (χ0) is 24.4. The van der Waals surface area contributed by atoms with E-state index in [-0.39, 0.29) is 23.2 Å². The highest BCUT2D eigenvalue weighted by Crippen LogP contribution is 2.45. The van der Waals surface area contributed by atoms with E-state index < -0.39 is 6.04 Å². The molecule has 1 aromatic heterocycles. The fourth-order valence-electron chi connectivity index (χ4n) is 4.36. The number of ether oxygens (including phenoxy) is 4. The van der Waals surface area contributed by atoms with Gasteiger partial charge in [0, 0.05) is 13.2 Å². The Morgan fingerprint density at radius 3 is 2.29 bits per heavy atom. The van der Waals surface area contributed by atoms with Crippen molar-refractivity contribution in [2.24, 2.45) is 0 Å². The molecule has 1 aliphatic rings. The van der Waals surface area contributed by atoms with E-state index in [1.165, 1.54) is 21.3 Å². The zero-order valence-corrected chi connectivity index (χ0v) is 20.0. The molecular formula is C26H29NO7. The van der Waals surface area contributed by atoms with Gasteiger partial charge in [0.25, 0.3) is 5.91 Å². The van der Waals surface area contributed by atoms with Crippen molar-refractivity contribution in [2.75, 3.05) is 34.5 Å². The van der Waals surface area contributed by atoms with Crippen LogP contribution in [0.4, 0.5) is 0 Å². The highest BCUT2D eigenvalue weighted by molar-refractivity contribution is 5.99. The summed E-state index contributed by atoms with van der Waals surface area (Å²) in [4.78, 5) is 28.7. The van der Waals surface area contributed by atoms with Crippen LogP contribution in [0.15, 0.2) is 45.6 Å². The molecule has 0 saturated carbocycles. The lowest BCUT2D eigenvalue weighted by molar-refractivity contribution is 0.0593. The number of hydrogen-bond donors (Lipinski definition) is 0. The molecule has 0 aliphatic carbocycles. The molecule has 8 heteroatoms. The molecule has 8 nitrogen and oxygen atoms in total. The van der Waals surface area contributed by atoms with Crippen molar-refractivity contribution in [3.8, 4) is 17.2 Å². The second-order valence-electron chi connectivity index (χ2n) is 8.30. The van der Waals surface area contributed by atoms with E-state index in [1.807, 2.05) is 13.8 Å². The van der Waals surface area contributed by atoms with Crippen LogP contribution < -0.4 is 19.6 Å². The van der Waals surface area contributed by atoms with Gasteiger partial charge in [0.05, 0.1) is 44.4 Å². The molecule has 0 N–H and O–H groups in total. The van der Waals surface area contributed by atoms with E-state index in [9.17, 15) is 9.59 Å². The molecule has 0 spiro atoms. The smallest absolute Gasteiger partial charge is 0.290 e. The Bertz CT molecular complexity index is 1240. The average molecular weight is 468 g/mol. The topological polar surface area (TPSA) is 87.4 Å². The molecule has 34 heavy (non-hydrogen) atoms. The molecule has 2 heterocycles. The number of benzene rings is 2. The third kappa shape index (κ3) is 4.09. The van der Waals surface area contributed by atoms with E-state index in [1.54, 1.807) is 41.3 Å². The van der Waals surface area contributed by atoms with Crippen LogP contribution in [0.2, 0.25) is 0 Å². The Morgan fingerprint density at radius 2 is 1.68 bits per heavy atom. The summed E-state index contributed by atoms with van der Waals surface area (Å²) in [6.45, 7) is 4.80. The van der Waals surface area contributed by atoms with Crippen LogP contribution in [0.5, 0.6) is 17.2 Å². The van der Waals surface area contributed by atoms with Gasteiger partial charge in [-0.25, -0.2) is 0 Å². The van der Waals surface area contributed by atoms with Gasteiger partial charge < -0.3 is 28.3 Å². The first kappa shape index (κ1) is 23.6. The predicted octanol–water partition coefficient (Wildman–Crippen LogP) is 4.18. The number of carbonyl (C=O) groups excluding carboxylic acids is 1. The minimum Gasteiger partial charge on any atom is -0.493 e.